The van der Waals surface area contributed by atoms with Crippen LogP contribution in [0, 0.1) is 5.82 Å². The molecule has 0 bridgehead atoms. The summed E-state index contributed by atoms with van der Waals surface area (Å²) in [5.41, 5.74) is 5.61. The second kappa shape index (κ2) is 3.85. The first kappa shape index (κ1) is 10.1. The summed E-state index contributed by atoms with van der Waals surface area (Å²) >= 11 is 2.95. The summed E-state index contributed by atoms with van der Waals surface area (Å²) in [6.07, 6.45) is 0. The van der Waals surface area contributed by atoms with Crippen molar-refractivity contribution >= 4 is 21.9 Å². The van der Waals surface area contributed by atoms with Gasteiger partial charge in [-0.3, -0.25) is 0 Å². The molecule has 13 heavy (non-hydrogen) atoms. The van der Waals surface area contributed by atoms with E-state index < -0.39 is 11.8 Å². The first-order chi connectivity index (χ1) is 6.06. The molecular weight excluding hydrogens is 241 g/mol. The Morgan fingerprint density at radius 3 is 2.69 bits per heavy atom. The normalized spacial score (nSPS) is 10.1. The van der Waals surface area contributed by atoms with E-state index >= 15 is 0 Å². The van der Waals surface area contributed by atoms with Gasteiger partial charge in [0.05, 0.1) is 10.0 Å². The van der Waals surface area contributed by atoms with Crippen molar-refractivity contribution in [2.45, 2.75) is 6.54 Å². The van der Waals surface area contributed by atoms with E-state index in [1.54, 1.807) is 0 Å². The van der Waals surface area contributed by atoms with E-state index in [0.29, 0.717) is 5.56 Å². The third-order valence-electron chi connectivity index (χ3n) is 1.60. The number of aromatic carboxylic acids is 1. The van der Waals surface area contributed by atoms with Gasteiger partial charge in [0, 0.05) is 6.54 Å². The fraction of sp³-hybridized carbons (Fsp3) is 0.125. The summed E-state index contributed by atoms with van der Waals surface area (Å²) in [5.74, 6) is -1.78. The zero-order valence-electron chi connectivity index (χ0n) is 6.55. The van der Waals surface area contributed by atoms with Gasteiger partial charge < -0.3 is 10.8 Å². The van der Waals surface area contributed by atoms with Crippen LogP contribution in [0.5, 0.6) is 0 Å². The fourth-order valence-corrected chi connectivity index (χ4v) is 1.35. The highest BCUT2D eigenvalue weighted by atomic mass is 79.9. The number of benzene rings is 1. The third kappa shape index (κ3) is 2.05. The van der Waals surface area contributed by atoms with Crippen molar-refractivity contribution in [2.24, 2.45) is 5.73 Å². The average Bonchev–Trinajstić information content (AvgIpc) is 2.08. The minimum absolute atomic E-state index is 0.0700. The molecule has 5 heteroatoms. The van der Waals surface area contributed by atoms with Crippen LogP contribution in [0.3, 0.4) is 0 Å². The van der Waals surface area contributed by atoms with E-state index in [4.69, 9.17) is 10.8 Å². The van der Waals surface area contributed by atoms with E-state index in [2.05, 4.69) is 15.9 Å². The highest BCUT2D eigenvalue weighted by Crippen LogP contribution is 2.20. The van der Waals surface area contributed by atoms with Gasteiger partial charge in [-0.25, -0.2) is 9.18 Å². The fourth-order valence-electron chi connectivity index (χ4n) is 0.956. The Morgan fingerprint density at radius 2 is 2.23 bits per heavy atom. The molecule has 0 atom stereocenters. The van der Waals surface area contributed by atoms with Gasteiger partial charge in [0.2, 0.25) is 0 Å². The maximum Gasteiger partial charge on any atom is 0.336 e. The van der Waals surface area contributed by atoms with Crippen molar-refractivity contribution < 1.29 is 14.3 Å². The molecule has 0 aromatic heterocycles. The second-order valence-electron chi connectivity index (χ2n) is 2.43. The van der Waals surface area contributed by atoms with Crippen LogP contribution in [-0.4, -0.2) is 11.1 Å². The lowest BCUT2D eigenvalue weighted by Crippen LogP contribution is -2.07. The molecular formula is C8H7BrFNO2. The molecule has 3 N–H and O–H groups in total. The maximum atomic E-state index is 12.9. The average molecular weight is 248 g/mol. The molecule has 0 spiro atoms. The molecule has 70 valence electrons. The van der Waals surface area contributed by atoms with Gasteiger partial charge in [-0.05, 0) is 33.6 Å². The predicted molar refractivity (Wildman–Crippen MR) is 49.0 cm³/mol. The third-order valence-corrected chi connectivity index (χ3v) is 2.20. The molecule has 0 heterocycles. The maximum absolute atomic E-state index is 12.9. The Kier molecular flexibility index (Phi) is 3.00. The van der Waals surface area contributed by atoms with Crippen LogP contribution in [0.1, 0.15) is 15.9 Å². The minimum atomic E-state index is -1.17. The van der Waals surface area contributed by atoms with Crippen LogP contribution < -0.4 is 5.73 Å². The smallest absolute Gasteiger partial charge is 0.336 e. The van der Waals surface area contributed by atoms with E-state index in [9.17, 15) is 9.18 Å². The Hall–Kier alpha value is -0.940. The summed E-state index contributed by atoms with van der Waals surface area (Å²) < 4.78 is 13.1. The number of halogens is 2. The Bertz CT molecular complexity index is 354. The van der Waals surface area contributed by atoms with Crippen LogP contribution in [0.2, 0.25) is 0 Å². The molecule has 0 unspecified atom stereocenters. The van der Waals surface area contributed by atoms with Crippen molar-refractivity contribution in [2.75, 3.05) is 0 Å². The predicted octanol–water partition coefficient (Wildman–Crippen LogP) is 1.75. The Balaban J connectivity index is 3.33. The number of carboxylic acids is 1. The molecule has 0 fully saturated rings. The topological polar surface area (TPSA) is 63.3 Å². The van der Waals surface area contributed by atoms with E-state index in [-0.39, 0.29) is 16.6 Å². The van der Waals surface area contributed by atoms with Crippen LogP contribution in [0.15, 0.2) is 16.6 Å². The van der Waals surface area contributed by atoms with Gasteiger partial charge in [0.25, 0.3) is 0 Å². The largest absolute Gasteiger partial charge is 0.478 e. The summed E-state index contributed by atoms with van der Waals surface area (Å²) in [4.78, 5) is 10.6. The van der Waals surface area contributed by atoms with Crippen molar-refractivity contribution in [3.05, 3.63) is 33.5 Å². The van der Waals surface area contributed by atoms with Crippen LogP contribution >= 0.6 is 15.9 Å². The van der Waals surface area contributed by atoms with Crippen molar-refractivity contribution in [1.82, 2.24) is 0 Å². The van der Waals surface area contributed by atoms with E-state index in [1.165, 1.54) is 6.07 Å². The molecule has 0 saturated carbocycles. The van der Waals surface area contributed by atoms with Crippen LogP contribution in [0.4, 0.5) is 4.39 Å². The lowest BCUT2D eigenvalue weighted by Gasteiger charge is -2.04. The first-order valence-corrected chi connectivity index (χ1v) is 4.27. The lowest BCUT2D eigenvalue weighted by atomic mass is 10.1. The number of carbonyl (C=O) groups is 1. The molecule has 3 nitrogen and oxygen atoms in total. The summed E-state index contributed by atoms with van der Waals surface area (Å²) in [7, 11) is 0. The quantitative estimate of drug-likeness (QED) is 0.837. The number of hydrogen-bond acceptors (Lipinski definition) is 2. The number of carboxylic acid groups (broad SMARTS) is 1. The summed E-state index contributed by atoms with van der Waals surface area (Å²) in [6.45, 7) is 0.0700. The number of rotatable bonds is 2. The number of hydrogen-bond donors (Lipinski definition) is 2. The molecule has 1 aromatic rings. The standard InChI is InChI=1S/C8H7BrFNO2/c9-6-1-4(3-11)5(8(12)13)2-7(6)10/h1-2H,3,11H2,(H,12,13). The molecule has 1 rings (SSSR count). The highest BCUT2D eigenvalue weighted by molar-refractivity contribution is 9.10. The molecule has 0 amide bonds. The second-order valence-corrected chi connectivity index (χ2v) is 3.29. The van der Waals surface area contributed by atoms with Gasteiger partial charge >= 0.3 is 5.97 Å². The molecule has 1 aromatic carbocycles. The number of nitrogens with two attached hydrogens (primary N) is 1. The van der Waals surface area contributed by atoms with Crippen molar-refractivity contribution in [3.8, 4) is 0 Å². The molecule has 0 aliphatic rings. The minimum Gasteiger partial charge on any atom is -0.478 e. The van der Waals surface area contributed by atoms with Gasteiger partial charge in [0.15, 0.2) is 0 Å². The molecule has 0 aliphatic heterocycles. The Morgan fingerprint density at radius 1 is 1.62 bits per heavy atom. The molecule has 0 radical (unpaired) electrons. The zero-order chi connectivity index (χ0) is 10.0. The highest BCUT2D eigenvalue weighted by Gasteiger charge is 2.12. The van der Waals surface area contributed by atoms with Crippen LogP contribution in [-0.2, 0) is 6.54 Å². The van der Waals surface area contributed by atoms with Gasteiger partial charge in [-0.2, -0.15) is 0 Å². The van der Waals surface area contributed by atoms with Crippen molar-refractivity contribution in [3.63, 3.8) is 0 Å². The SMILES string of the molecule is NCc1cc(Br)c(F)cc1C(=O)O. The monoisotopic (exact) mass is 247 g/mol. The van der Waals surface area contributed by atoms with Gasteiger partial charge in [-0.1, -0.05) is 0 Å². The summed E-state index contributed by atoms with van der Waals surface area (Å²) in [6, 6.07) is 2.33. The first-order valence-electron chi connectivity index (χ1n) is 3.47. The molecule has 0 saturated heterocycles. The Labute approximate surface area is 82.5 Å². The zero-order valence-corrected chi connectivity index (χ0v) is 8.14. The van der Waals surface area contributed by atoms with Crippen molar-refractivity contribution in [1.29, 1.82) is 0 Å². The van der Waals surface area contributed by atoms with Gasteiger partial charge in [-0.15, -0.1) is 0 Å². The lowest BCUT2D eigenvalue weighted by molar-refractivity contribution is 0.0695. The van der Waals surface area contributed by atoms with Gasteiger partial charge in [0.1, 0.15) is 5.82 Å². The summed E-state index contributed by atoms with van der Waals surface area (Å²) in [5, 5.41) is 8.67. The van der Waals surface area contributed by atoms with E-state index in [0.717, 1.165) is 6.07 Å². The van der Waals surface area contributed by atoms with Crippen LogP contribution in [0.25, 0.3) is 0 Å². The molecule has 0 aliphatic carbocycles. The van der Waals surface area contributed by atoms with E-state index in [1.807, 2.05) is 0 Å².